The Balaban J connectivity index is 2.76. The van der Waals surface area contributed by atoms with Crippen LogP contribution in [0.1, 0.15) is 12.5 Å². The molecule has 7 nitrogen and oxygen atoms in total. The van der Waals surface area contributed by atoms with Crippen molar-refractivity contribution in [3.63, 3.8) is 0 Å². The van der Waals surface area contributed by atoms with Crippen LogP contribution in [0.2, 0.25) is 0 Å². The first-order valence-electron chi connectivity index (χ1n) is 6.94. The van der Waals surface area contributed by atoms with E-state index in [9.17, 15) is 19.8 Å². The first-order valence-corrected chi connectivity index (χ1v) is 6.94. The second-order valence-corrected chi connectivity index (χ2v) is 5.19. The number of carbonyl (C=O) groups is 2. The fraction of sp³-hybridized carbons (Fsp3) is 0.375. The predicted octanol–water partition coefficient (Wildman–Crippen LogP) is 0.105. The lowest BCUT2D eigenvalue weighted by molar-refractivity contribution is -0.158. The van der Waals surface area contributed by atoms with Gasteiger partial charge in [-0.3, -0.25) is 4.79 Å². The van der Waals surface area contributed by atoms with E-state index in [-0.39, 0.29) is 0 Å². The molecule has 3 atom stereocenters. The van der Waals surface area contributed by atoms with E-state index in [1.165, 1.54) is 0 Å². The Hall–Kier alpha value is -2.38. The van der Waals surface area contributed by atoms with Gasteiger partial charge in [-0.05, 0) is 31.0 Å². The van der Waals surface area contributed by atoms with Crippen LogP contribution in [0.15, 0.2) is 36.4 Å². The number of methoxy groups -OCH3 is 1. The molecule has 0 spiro atoms. The number of ether oxygens (including phenoxy) is 1. The fourth-order valence-electron chi connectivity index (χ4n) is 1.88. The zero-order valence-electron chi connectivity index (χ0n) is 13.0. The van der Waals surface area contributed by atoms with Gasteiger partial charge in [-0.25, -0.2) is 4.79 Å². The van der Waals surface area contributed by atoms with Gasteiger partial charge >= 0.3 is 5.97 Å². The first-order chi connectivity index (χ1) is 10.8. The van der Waals surface area contributed by atoms with Crippen molar-refractivity contribution in [2.45, 2.75) is 31.6 Å². The number of carbonyl (C=O) groups excluding carboxylic acids is 1. The summed E-state index contributed by atoms with van der Waals surface area (Å²) in [6, 6.07) is 6.68. The normalized spacial score (nSPS) is 14.4. The summed E-state index contributed by atoms with van der Waals surface area (Å²) in [6.45, 7) is 5.48. The molecular formula is C16H21NO6. The molecule has 0 saturated carbocycles. The molecule has 1 rings (SSSR count). The zero-order chi connectivity index (χ0) is 17.6. The van der Waals surface area contributed by atoms with Crippen LogP contribution in [-0.4, -0.2) is 52.6 Å². The van der Waals surface area contributed by atoms with Crippen molar-refractivity contribution in [3.8, 4) is 5.75 Å². The highest BCUT2D eigenvalue weighted by Gasteiger charge is 2.31. The Morgan fingerprint density at radius 2 is 1.78 bits per heavy atom. The van der Waals surface area contributed by atoms with Crippen molar-refractivity contribution in [1.29, 1.82) is 0 Å². The van der Waals surface area contributed by atoms with Crippen molar-refractivity contribution in [3.05, 3.63) is 42.0 Å². The van der Waals surface area contributed by atoms with Crippen LogP contribution in [0.3, 0.4) is 0 Å². The third kappa shape index (κ3) is 5.39. The number of hydrogen-bond acceptors (Lipinski definition) is 5. The van der Waals surface area contributed by atoms with Gasteiger partial charge in [0.25, 0.3) is 5.91 Å². The highest BCUT2D eigenvalue weighted by molar-refractivity contribution is 5.88. The lowest BCUT2D eigenvalue weighted by Gasteiger charge is -2.22. The second kappa shape index (κ2) is 8.30. The third-order valence-corrected chi connectivity index (χ3v) is 3.33. The first kappa shape index (κ1) is 18.7. The molecule has 0 aliphatic heterocycles. The Morgan fingerprint density at radius 1 is 1.22 bits per heavy atom. The molecule has 0 bridgehead atoms. The highest BCUT2D eigenvalue weighted by atomic mass is 16.5. The van der Waals surface area contributed by atoms with Crippen molar-refractivity contribution < 1.29 is 29.6 Å². The molecule has 23 heavy (non-hydrogen) atoms. The molecule has 1 aromatic rings. The number of carboxylic acids is 1. The second-order valence-electron chi connectivity index (χ2n) is 5.19. The Bertz CT molecular complexity index is 568. The maximum absolute atomic E-state index is 11.8. The van der Waals surface area contributed by atoms with Gasteiger partial charge in [0.15, 0.2) is 12.2 Å². The summed E-state index contributed by atoms with van der Waals surface area (Å²) in [6.07, 6.45) is -3.83. The lowest BCUT2D eigenvalue weighted by atomic mass is 10.00. The van der Waals surface area contributed by atoms with Crippen LogP contribution >= 0.6 is 0 Å². The van der Waals surface area contributed by atoms with Crippen LogP contribution < -0.4 is 10.1 Å². The van der Waals surface area contributed by atoms with Gasteiger partial charge < -0.3 is 25.4 Å². The molecule has 0 aliphatic carbocycles. The van der Waals surface area contributed by atoms with E-state index >= 15 is 0 Å². The standard InChI is InChI=1S/C16H21NO6/c1-9(2)12(8-10-4-6-11(23-3)7-5-10)17-15(20)13(18)14(19)16(21)22/h4-7,12-14,18-19H,1,8H2,2-3H3,(H,17,20)(H,21,22). The minimum Gasteiger partial charge on any atom is -0.497 e. The van der Waals surface area contributed by atoms with Crippen molar-refractivity contribution in [2.24, 2.45) is 0 Å². The van der Waals surface area contributed by atoms with Gasteiger partial charge in [-0.1, -0.05) is 24.3 Å². The molecule has 1 amide bonds. The summed E-state index contributed by atoms with van der Waals surface area (Å²) < 4.78 is 5.06. The van der Waals surface area contributed by atoms with Crippen molar-refractivity contribution >= 4 is 11.9 Å². The van der Waals surface area contributed by atoms with E-state index in [2.05, 4.69) is 11.9 Å². The zero-order valence-corrected chi connectivity index (χ0v) is 13.0. The third-order valence-electron chi connectivity index (χ3n) is 3.33. The molecule has 0 fully saturated rings. The minimum atomic E-state index is -2.18. The van der Waals surface area contributed by atoms with Gasteiger partial charge in [-0.2, -0.15) is 0 Å². The van der Waals surface area contributed by atoms with Gasteiger partial charge in [0.2, 0.25) is 0 Å². The predicted molar refractivity (Wildman–Crippen MR) is 83.1 cm³/mol. The monoisotopic (exact) mass is 323 g/mol. The molecule has 4 N–H and O–H groups in total. The smallest absolute Gasteiger partial charge is 0.335 e. The van der Waals surface area contributed by atoms with Gasteiger partial charge in [0.1, 0.15) is 5.75 Å². The molecule has 126 valence electrons. The number of nitrogens with one attached hydrogen (secondary N) is 1. The Morgan fingerprint density at radius 3 is 2.22 bits per heavy atom. The molecular weight excluding hydrogens is 302 g/mol. The number of aliphatic hydroxyl groups excluding tert-OH is 2. The van der Waals surface area contributed by atoms with Crippen molar-refractivity contribution in [1.82, 2.24) is 5.32 Å². The summed E-state index contributed by atoms with van der Waals surface area (Å²) in [7, 11) is 1.56. The largest absolute Gasteiger partial charge is 0.497 e. The Kier molecular flexibility index (Phi) is 6.74. The molecule has 0 aromatic heterocycles. The number of benzene rings is 1. The molecule has 0 aliphatic rings. The molecule has 3 unspecified atom stereocenters. The number of rotatable bonds is 8. The van der Waals surface area contributed by atoms with E-state index in [1.54, 1.807) is 26.2 Å². The number of carboxylic acid groups (broad SMARTS) is 1. The molecule has 1 aromatic carbocycles. The maximum atomic E-state index is 11.8. The lowest BCUT2D eigenvalue weighted by Crippen LogP contribution is -2.49. The van der Waals surface area contributed by atoms with Gasteiger partial charge in [0.05, 0.1) is 13.2 Å². The average molecular weight is 323 g/mol. The van der Waals surface area contributed by atoms with E-state index in [0.29, 0.717) is 17.7 Å². The minimum absolute atomic E-state index is 0.404. The highest BCUT2D eigenvalue weighted by Crippen LogP contribution is 2.15. The number of aliphatic carboxylic acids is 1. The quantitative estimate of drug-likeness (QED) is 0.505. The SMILES string of the molecule is C=C(C)C(Cc1ccc(OC)cc1)NC(=O)C(O)C(O)C(=O)O. The van der Waals surface area contributed by atoms with Crippen LogP contribution in [0.5, 0.6) is 5.75 Å². The summed E-state index contributed by atoms with van der Waals surface area (Å²) in [5, 5.41) is 29.8. The summed E-state index contributed by atoms with van der Waals surface area (Å²) >= 11 is 0. The number of amides is 1. The van der Waals surface area contributed by atoms with E-state index in [1.807, 2.05) is 12.1 Å². The van der Waals surface area contributed by atoms with E-state index in [4.69, 9.17) is 9.84 Å². The summed E-state index contributed by atoms with van der Waals surface area (Å²) in [5.41, 5.74) is 1.53. The average Bonchev–Trinajstić information content (AvgIpc) is 2.53. The summed E-state index contributed by atoms with van der Waals surface area (Å²) in [4.78, 5) is 22.4. The van der Waals surface area contributed by atoms with Crippen LogP contribution in [0.25, 0.3) is 0 Å². The molecule has 0 radical (unpaired) electrons. The number of hydrogen-bond donors (Lipinski definition) is 4. The van der Waals surface area contributed by atoms with E-state index in [0.717, 1.165) is 5.56 Å². The van der Waals surface area contributed by atoms with Crippen LogP contribution in [-0.2, 0) is 16.0 Å². The van der Waals surface area contributed by atoms with Crippen LogP contribution in [0.4, 0.5) is 0 Å². The molecule has 0 saturated heterocycles. The van der Waals surface area contributed by atoms with Crippen LogP contribution in [0, 0.1) is 0 Å². The fourth-order valence-corrected chi connectivity index (χ4v) is 1.88. The summed E-state index contributed by atoms with van der Waals surface area (Å²) in [5.74, 6) is -1.94. The van der Waals surface area contributed by atoms with Crippen molar-refractivity contribution in [2.75, 3.05) is 7.11 Å². The maximum Gasteiger partial charge on any atom is 0.335 e. The Labute approximate surface area is 134 Å². The van der Waals surface area contributed by atoms with Gasteiger partial charge in [-0.15, -0.1) is 0 Å². The number of aliphatic hydroxyl groups is 2. The molecule has 7 heteroatoms. The van der Waals surface area contributed by atoms with E-state index < -0.39 is 30.1 Å². The molecule has 0 heterocycles. The topological polar surface area (TPSA) is 116 Å². The van der Waals surface area contributed by atoms with Gasteiger partial charge in [0, 0.05) is 0 Å².